The van der Waals surface area contributed by atoms with E-state index in [2.05, 4.69) is 5.32 Å². The number of hydrogen-bond acceptors (Lipinski definition) is 3. The third kappa shape index (κ3) is 4.84. The molecule has 3 nitrogen and oxygen atoms in total. The minimum Gasteiger partial charge on any atom is -0.497 e. The van der Waals surface area contributed by atoms with Gasteiger partial charge in [-0.2, -0.15) is 0 Å². The van der Waals surface area contributed by atoms with Gasteiger partial charge in [0.15, 0.2) is 5.78 Å². The van der Waals surface area contributed by atoms with Crippen molar-refractivity contribution in [3.8, 4) is 5.75 Å². The van der Waals surface area contributed by atoms with Gasteiger partial charge in [0.2, 0.25) is 0 Å². The van der Waals surface area contributed by atoms with E-state index in [4.69, 9.17) is 4.74 Å². The first-order chi connectivity index (χ1) is 8.79. The molecular weight excluding hydrogens is 262 g/mol. The SMILES string of the molecule is COc1ccc(C(=O)CCC2CCNCC2)cc1.Cl. The summed E-state index contributed by atoms with van der Waals surface area (Å²) in [7, 11) is 1.63. The van der Waals surface area contributed by atoms with Gasteiger partial charge >= 0.3 is 0 Å². The number of ketones is 1. The molecule has 0 unspecified atom stereocenters. The highest BCUT2D eigenvalue weighted by Gasteiger charge is 2.15. The summed E-state index contributed by atoms with van der Waals surface area (Å²) >= 11 is 0. The molecule has 0 radical (unpaired) electrons. The van der Waals surface area contributed by atoms with Crippen molar-refractivity contribution in [2.24, 2.45) is 5.92 Å². The van der Waals surface area contributed by atoms with Crippen molar-refractivity contribution >= 4 is 18.2 Å². The Labute approximate surface area is 121 Å². The highest BCUT2D eigenvalue weighted by molar-refractivity contribution is 5.96. The lowest BCUT2D eigenvalue weighted by Gasteiger charge is -2.22. The Morgan fingerprint density at radius 3 is 2.47 bits per heavy atom. The fraction of sp³-hybridized carbons (Fsp3) is 0.533. The molecule has 1 aromatic carbocycles. The van der Waals surface area contributed by atoms with E-state index in [0.29, 0.717) is 12.3 Å². The van der Waals surface area contributed by atoms with Crippen LogP contribution in [0.15, 0.2) is 24.3 Å². The molecule has 1 aromatic rings. The Morgan fingerprint density at radius 1 is 1.26 bits per heavy atom. The molecule has 1 fully saturated rings. The molecule has 106 valence electrons. The van der Waals surface area contributed by atoms with Gasteiger partial charge in [0.25, 0.3) is 0 Å². The normalized spacial score (nSPS) is 15.6. The number of benzene rings is 1. The molecule has 0 saturated carbocycles. The molecule has 0 spiro atoms. The fourth-order valence-corrected chi connectivity index (χ4v) is 2.43. The monoisotopic (exact) mass is 283 g/mol. The van der Waals surface area contributed by atoms with Crippen LogP contribution in [-0.2, 0) is 0 Å². The van der Waals surface area contributed by atoms with Crippen LogP contribution in [-0.4, -0.2) is 26.0 Å². The Kier molecular flexibility index (Phi) is 6.89. The highest BCUT2D eigenvalue weighted by Crippen LogP contribution is 2.20. The molecule has 1 aliphatic rings. The van der Waals surface area contributed by atoms with Crippen molar-refractivity contribution in [2.45, 2.75) is 25.7 Å². The van der Waals surface area contributed by atoms with E-state index in [9.17, 15) is 4.79 Å². The van der Waals surface area contributed by atoms with Gasteiger partial charge in [-0.25, -0.2) is 0 Å². The molecule has 0 bridgehead atoms. The van der Waals surface area contributed by atoms with Gasteiger partial charge in [0.1, 0.15) is 5.75 Å². The van der Waals surface area contributed by atoms with Gasteiger partial charge in [0.05, 0.1) is 7.11 Å². The lowest BCUT2D eigenvalue weighted by Crippen LogP contribution is -2.27. The summed E-state index contributed by atoms with van der Waals surface area (Å²) in [5.41, 5.74) is 0.796. The number of rotatable bonds is 5. The highest BCUT2D eigenvalue weighted by atomic mass is 35.5. The third-order valence-corrected chi connectivity index (χ3v) is 3.65. The Hall–Kier alpha value is -1.06. The summed E-state index contributed by atoms with van der Waals surface area (Å²) in [6.07, 6.45) is 4.09. The maximum Gasteiger partial charge on any atom is 0.162 e. The lowest BCUT2D eigenvalue weighted by molar-refractivity contribution is 0.0971. The second kappa shape index (κ2) is 8.18. The standard InChI is InChI=1S/C15H21NO2.ClH/c1-18-14-5-3-13(4-6-14)15(17)7-2-12-8-10-16-11-9-12;/h3-6,12,16H,2,7-11H2,1H3;1H. The number of halogens is 1. The largest absolute Gasteiger partial charge is 0.497 e. The van der Waals surface area contributed by atoms with Crippen molar-refractivity contribution < 1.29 is 9.53 Å². The first-order valence-electron chi connectivity index (χ1n) is 6.67. The van der Waals surface area contributed by atoms with E-state index in [-0.39, 0.29) is 18.2 Å². The van der Waals surface area contributed by atoms with E-state index >= 15 is 0 Å². The van der Waals surface area contributed by atoms with Crippen LogP contribution in [0.5, 0.6) is 5.75 Å². The number of piperidine rings is 1. The zero-order valence-electron chi connectivity index (χ0n) is 11.4. The molecule has 2 rings (SSSR count). The van der Waals surface area contributed by atoms with E-state index < -0.39 is 0 Å². The van der Waals surface area contributed by atoms with Gasteiger partial charge in [-0.1, -0.05) is 0 Å². The number of carbonyl (C=O) groups is 1. The second-order valence-electron chi connectivity index (χ2n) is 4.88. The smallest absolute Gasteiger partial charge is 0.162 e. The molecule has 0 aromatic heterocycles. The van der Waals surface area contributed by atoms with Crippen LogP contribution in [0, 0.1) is 5.92 Å². The molecule has 4 heteroatoms. The summed E-state index contributed by atoms with van der Waals surface area (Å²) in [6.45, 7) is 2.20. The van der Waals surface area contributed by atoms with Crippen LogP contribution in [0.4, 0.5) is 0 Å². The Bertz CT molecular complexity index is 386. The first-order valence-corrected chi connectivity index (χ1v) is 6.67. The number of Topliss-reactive ketones (excluding diaryl/α,β-unsaturated/α-hetero) is 1. The molecule has 0 aliphatic carbocycles. The summed E-state index contributed by atoms with van der Waals surface area (Å²) in [5, 5.41) is 3.35. The fourth-order valence-electron chi connectivity index (χ4n) is 2.43. The number of nitrogens with one attached hydrogen (secondary N) is 1. The Balaban J connectivity index is 0.00000180. The minimum absolute atomic E-state index is 0. The molecule has 1 heterocycles. The van der Waals surface area contributed by atoms with Crippen molar-refractivity contribution in [1.29, 1.82) is 0 Å². The van der Waals surface area contributed by atoms with Gasteiger partial charge in [-0.3, -0.25) is 4.79 Å². The summed E-state index contributed by atoms with van der Waals surface area (Å²) in [4.78, 5) is 12.0. The number of methoxy groups -OCH3 is 1. The zero-order valence-corrected chi connectivity index (χ0v) is 12.2. The van der Waals surface area contributed by atoms with Gasteiger partial charge in [-0.15, -0.1) is 12.4 Å². The second-order valence-corrected chi connectivity index (χ2v) is 4.88. The van der Waals surface area contributed by atoms with Crippen LogP contribution < -0.4 is 10.1 Å². The van der Waals surface area contributed by atoms with Crippen molar-refractivity contribution in [3.63, 3.8) is 0 Å². The Morgan fingerprint density at radius 2 is 1.89 bits per heavy atom. The summed E-state index contributed by atoms with van der Waals surface area (Å²) < 4.78 is 5.09. The van der Waals surface area contributed by atoms with E-state index in [0.717, 1.165) is 30.8 Å². The van der Waals surface area contributed by atoms with Crippen LogP contribution in [0.3, 0.4) is 0 Å². The van der Waals surface area contributed by atoms with Gasteiger partial charge < -0.3 is 10.1 Å². The first kappa shape index (κ1) is 16.0. The molecule has 1 N–H and O–H groups in total. The van der Waals surface area contributed by atoms with Crippen LogP contribution >= 0.6 is 12.4 Å². The van der Waals surface area contributed by atoms with Gasteiger partial charge in [-0.05, 0) is 62.5 Å². The van der Waals surface area contributed by atoms with Crippen LogP contribution in [0.1, 0.15) is 36.0 Å². The van der Waals surface area contributed by atoms with Crippen LogP contribution in [0.25, 0.3) is 0 Å². The van der Waals surface area contributed by atoms with Crippen molar-refractivity contribution in [2.75, 3.05) is 20.2 Å². The molecule has 1 aliphatic heterocycles. The quantitative estimate of drug-likeness (QED) is 0.844. The van der Waals surface area contributed by atoms with E-state index in [1.165, 1.54) is 12.8 Å². The van der Waals surface area contributed by atoms with Gasteiger partial charge in [0, 0.05) is 12.0 Å². The predicted octanol–water partition coefficient (Wildman–Crippen LogP) is 3.08. The number of carbonyl (C=O) groups excluding carboxylic acids is 1. The average Bonchev–Trinajstić information content (AvgIpc) is 2.46. The topological polar surface area (TPSA) is 38.3 Å². The zero-order chi connectivity index (χ0) is 12.8. The molecule has 19 heavy (non-hydrogen) atoms. The lowest BCUT2D eigenvalue weighted by atomic mass is 9.91. The average molecular weight is 284 g/mol. The third-order valence-electron chi connectivity index (χ3n) is 3.65. The van der Waals surface area contributed by atoms with Crippen molar-refractivity contribution in [3.05, 3.63) is 29.8 Å². The van der Waals surface area contributed by atoms with Crippen LogP contribution in [0.2, 0.25) is 0 Å². The maximum atomic E-state index is 12.0. The minimum atomic E-state index is 0. The maximum absolute atomic E-state index is 12.0. The number of ether oxygens (including phenoxy) is 1. The molecular formula is C15H22ClNO2. The molecule has 1 saturated heterocycles. The predicted molar refractivity (Wildman–Crippen MR) is 79.4 cm³/mol. The number of hydrogen-bond donors (Lipinski definition) is 1. The summed E-state index contributed by atoms with van der Waals surface area (Å²) in [6, 6.07) is 7.39. The molecule has 0 atom stereocenters. The summed E-state index contributed by atoms with van der Waals surface area (Å²) in [5.74, 6) is 1.76. The van der Waals surface area contributed by atoms with E-state index in [1.54, 1.807) is 7.11 Å². The van der Waals surface area contributed by atoms with Crippen molar-refractivity contribution in [1.82, 2.24) is 5.32 Å². The molecule has 0 amide bonds. The van der Waals surface area contributed by atoms with E-state index in [1.807, 2.05) is 24.3 Å².